The smallest absolute Gasteiger partial charge is 0.0945 e. The van der Waals surface area contributed by atoms with Crippen LogP contribution < -0.4 is 0 Å². The average Bonchev–Trinajstić information content (AvgIpc) is 3.04. The van der Waals surface area contributed by atoms with Gasteiger partial charge in [-0.25, -0.2) is 4.98 Å². The number of hydrogen-bond donors (Lipinski definition) is 0. The molecule has 0 saturated heterocycles. The molecule has 86 valence electrons. The molecule has 17 heavy (non-hydrogen) atoms. The van der Waals surface area contributed by atoms with Crippen LogP contribution in [0.2, 0.25) is 0 Å². The third kappa shape index (κ3) is 1.94. The van der Waals surface area contributed by atoms with Crippen molar-refractivity contribution in [2.24, 2.45) is 7.05 Å². The monoisotopic (exact) mass is 260 g/mol. The van der Waals surface area contributed by atoms with Gasteiger partial charge in [0.2, 0.25) is 0 Å². The zero-order valence-corrected chi connectivity index (χ0v) is 11.0. The van der Waals surface area contributed by atoms with Crippen LogP contribution in [0.1, 0.15) is 21.4 Å². The van der Waals surface area contributed by atoms with Gasteiger partial charge in [-0.2, -0.15) is 0 Å². The molecule has 3 aromatic rings. The van der Waals surface area contributed by atoms with Gasteiger partial charge >= 0.3 is 0 Å². The zero-order valence-electron chi connectivity index (χ0n) is 9.41. The van der Waals surface area contributed by atoms with E-state index in [1.165, 1.54) is 15.4 Å². The Bertz CT molecular complexity index is 545. The van der Waals surface area contributed by atoms with E-state index in [1.807, 2.05) is 12.5 Å². The SMILES string of the molecule is Cn1cncc1C(c1cccs1)c1cccs1. The van der Waals surface area contributed by atoms with E-state index in [2.05, 4.69) is 51.6 Å². The van der Waals surface area contributed by atoms with Crippen LogP contribution in [0.25, 0.3) is 0 Å². The van der Waals surface area contributed by atoms with Gasteiger partial charge in [-0.3, -0.25) is 0 Å². The third-order valence-corrected chi connectivity index (χ3v) is 4.68. The van der Waals surface area contributed by atoms with Gasteiger partial charge in [-0.1, -0.05) is 12.1 Å². The molecule has 0 aliphatic heterocycles. The van der Waals surface area contributed by atoms with E-state index < -0.39 is 0 Å². The second-order valence-electron chi connectivity index (χ2n) is 3.89. The highest BCUT2D eigenvalue weighted by atomic mass is 32.1. The maximum atomic E-state index is 4.23. The van der Waals surface area contributed by atoms with Crippen molar-refractivity contribution in [3.8, 4) is 0 Å². The maximum Gasteiger partial charge on any atom is 0.0945 e. The summed E-state index contributed by atoms with van der Waals surface area (Å²) in [6, 6.07) is 8.61. The summed E-state index contributed by atoms with van der Waals surface area (Å²) in [6.07, 6.45) is 3.83. The Balaban J connectivity index is 2.13. The lowest BCUT2D eigenvalue weighted by atomic mass is 10.0. The lowest BCUT2D eigenvalue weighted by molar-refractivity contribution is 0.807. The van der Waals surface area contributed by atoms with Crippen LogP contribution in [0, 0.1) is 0 Å². The molecule has 3 aromatic heterocycles. The highest BCUT2D eigenvalue weighted by molar-refractivity contribution is 7.11. The van der Waals surface area contributed by atoms with Gasteiger partial charge < -0.3 is 4.57 Å². The van der Waals surface area contributed by atoms with E-state index >= 15 is 0 Å². The van der Waals surface area contributed by atoms with E-state index in [9.17, 15) is 0 Å². The van der Waals surface area contributed by atoms with Gasteiger partial charge in [-0.05, 0) is 22.9 Å². The van der Waals surface area contributed by atoms with E-state index in [0.29, 0.717) is 5.92 Å². The number of aryl methyl sites for hydroxylation is 1. The van der Waals surface area contributed by atoms with Gasteiger partial charge in [0.15, 0.2) is 0 Å². The summed E-state index contributed by atoms with van der Waals surface area (Å²) < 4.78 is 2.10. The molecule has 0 aromatic carbocycles. The number of rotatable bonds is 3. The Morgan fingerprint density at radius 2 is 1.76 bits per heavy atom. The van der Waals surface area contributed by atoms with Crippen LogP contribution in [0.15, 0.2) is 47.5 Å². The summed E-state index contributed by atoms with van der Waals surface area (Å²) in [4.78, 5) is 6.98. The Morgan fingerprint density at radius 3 is 2.18 bits per heavy atom. The second-order valence-corrected chi connectivity index (χ2v) is 5.85. The second kappa shape index (κ2) is 4.47. The summed E-state index contributed by atoms with van der Waals surface area (Å²) >= 11 is 3.60. The molecule has 3 rings (SSSR count). The fourth-order valence-electron chi connectivity index (χ4n) is 1.99. The van der Waals surface area contributed by atoms with Crippen LogP contribution in [-0.2, 0) is 7.05 Å². The van der Waals surface area contributed by atoms with Crippen molar-refractivity contribution in [2.45, 2.75) is 5.92 Å². The normalized spacial score (nSPS) is 11.2. The van der Waals surface area contributed by atoms with Crippen LogP contribution in [0.4, 0.5) is 0 Å². The summed E-state index contributed by atoms with van der Waals surface area (Å²) in [7, 11) is 2.05. The summed E-state index contributed by atoms with van der Waals surface area (Å²) in [5.74, 6) is 0.322. The molecule has 0 aliphatic carbocycles. The van der Waals surface area contributed by atoms with Crippen molar-refractivity contribution in [1.29, 1.82) is 0 Å². The van der Waals surface area contributed by atoms with E-state index in [4.69, 9.17) is 0 Å². The first-order chi connectivity index (χ1) is 8.36. The summed E-state index contributed by atoms with van der Waals surface area (Å²) in [5.41, 5.74) is 1.25. The van der Waals surface area contributed by atoms with Crippen molar-refractivity contribution < 1.29 is 0 Å². The van der Waals surface area contributed by atoms with E-state index in [-0.39, 0.29) is 0 Å². The first-order valence-corrected chi connectivity index (χ1v) is 7.15. The van der Waals surface area contributed by atoms with Crippen molar-refractivity contribution in [1.82, 2.24) is 9.55 Å². The predicted octanol–water partition coefficient (Wildman–Crippen LogP) is 3.72. The largest absolute Gasteiger partial charge is 0.337 e. The van der Waals surface area contributed by atoms with Gasteiger partial charge in [-0.15, -0.1) is 22.7 Å². The topological polar surface area (TPSA) is 17.8 Å². The van der Waals surface area contributed by atoms with E-state index in [0.717, 1.165) is 0 Å². The minimum Gasteiger partial charge on any atom is -0.337 e. The van der Waals surface area contributed by atoms with Crippen molar-refractivity contribution >= 4 is 22.7 Å². The standard InChI is InChI=1S/C13H12N2S2/c1-15-9-14-8-10(15)13(11-4-2-6-16-11)12-5-3-7-17-12/h2-9,13H,1H3. The quantitative estimate of drug-likeness (QED) is 0.701. The van der Waals surface area contributed by atoms with Gasteiger partial charge in [0, 0.05) is 23.0 Å². The first kappa shape index (κ1) is 10.7. The number of aromatic nitrogens is 2. The zero-order chi connectivity index (χ0) is 11.7. The summed E-state index contributed by atoms with van der Waals surface area (Å²) in [5, 5.41) is 4.26. The minimum absolute atomic E-state index is 0.322. The lowest BCUT2D eigenvalue weighted by Crippen LogP contribution is -2.04. The average molecular weight is 260 g/mol. The molecule has 0 saturated carbocycles. The fourth-order valence-corrected chi connectivity index (χ4v) is 3.77. The molecule has 0 aliphatic rings. The van der Waals surface area contributed by atoms with Crippen molar-refractivity contribution in [2.75, 3.05) is 0 Å². The molecule has 0 fully saturated rings. The molecule has 4 heteroatoms. The van der Waals surface area contributed by atoms with Crippen LogP contribution in [-0.4, -0.2) is 9.55 Å². The summed E-state index contributed by atoms with van der Waals surface area (Å²) in [6.45, 7) is 0. The molecular formula is C13H12N2S2. The first-order valence-electron chi connectivity index (χ1n) is 5.39. The Morgan fingerprint density at radius 1 is 1.12 bits per heavy atom. The Kier molecular flexibility index (Phi) is 2.82. The third-order valence-electron chi connectivity index (χ3n) is 2.81. The van der Waals surface area contributed by atoms with Gasteiger partial charge in [0.05, 0.1) is 17.9 Å². The lowest BCUT2D eigenvalue weighted by Gasteiger charge is -2.14. The molecule has 0 radical (unpaired) electrons. The number of thiophene rings is 2. The molecule has 3 heterocycles. The molecule has 0 N–H and O–H groups in total. The van der Waals surface area contributed by atoms with Crippen molar-refractivity contribution in [3.63, 3.8) is 0 Å². The number of nitrogens with zero attached hydrogens (tertiary/aromatic N) is 2. The minimum atomic E-state index is 0.322. The van der Waals surface area contributed by atoms with Crippen LogP contribution in [0.3, 0.4) is 0 Å². The van der Waals surface area contributed by atoms with Crippen LogP contribution >= 0.6 is 22.7 Å². The molecular weight excluding hydrogens is 248 g/mol. The van der Waals surface area contributed by atoms with Gasteiger partial charge in [0.1, 0.15) is 0 Å². The highest BCUT2D eigenvalue weighted by Gasteiger charge is 2.21. The van der Waals surface area contributed by atoms with Gasteiger partial charge in [0.25, 0.3) is 0 Å². The molecule has 0 atom stereocenters. The molecule has 0 amide bonds. The molecule has 0 spiro atoms. The Labute approximate surface area is 108 Å². The number of hydrogen-bond acceptors (Lipinski definition) is 3. The van der Waals surface area contributed by atoms with Crippen LogP contribution in [0.5, 0.6) is 0 Å². The number of imidazole rings is 1. The molecule has 0 bridgehead atoms. The molecule has 0 unspecified atom stereocenters. The highest BCUT2D eigenvalue weighted by Crippen LogP contribution is 2.36. The Hall–Kier alpha value is -1.39. The fraction of sp³-hybridized carbons (Fsp3) is 0.154. The van der Waals surface area contributed by atoms with Crippen molar-refractivity contribution in [3.05, 3.63) is 63.0 Å². The van der Waals surface area contributed by atoms with E-state index in [1.54, 1.807) is 22.7 Å². The molecule has 2 nitrogen and oxygen atoms in total. The predicted molar refractivity (Wildman–Crippen MR) is 72.8 cm³/mol. The maximum absolute atomic E-state index is 4.23.